The zero-order valence-electron chi connectivity index (χ0n) is 10.1. The molecule has 0 spiro atoms. The van der Waals surface area contributed by atoms with E-state index in [1.165, 1.54) is 0 Å². The molecular formula is C12H17N5. The van der Waals surface area contributed by atoms with Gasteiger partial charge in [-0.3, -0.25) is 15.5 Å². The third kappa shape index (κ3) is 2.35. The van der Waals surface area contributed by atoms with Crippen molar-refractivity contribution in [2.24, 2.45) is 12.9 Å². The molecule has 2 aromatic rings. The van der Waals surface area contributed by atoms with Crippen LogP contribution >= 0.6 is 0 Å². The van der Waals surface area contributed by atoms with Crippen LogP contribution in [0.3, 0.4) is 0 Å². The minimum atomic E-state index is -0.0626. The first kappa shape index (κ1) is 11.8. The van der Waals surface area contributed by atoms with Gasteiger partial charge in [0.05, 0.1) is 11.7 Å². The molecule has 0 fully saturated rings. The summed E-state index contributed by atoms with van der Waals surface area (Å²) in [6.07, 6.45) is 6.45. The Kier molecular flexibility index (Phi) is 3.51. The van der Waals surface area contributed by atoms with Crippen LogP contribution in [0.5, 0.6) is 0 Å². The van der Waals surface area contributed by atoms with Gasteiger partial charge in [0.15, 0.2) is 0 Å². The van der Waals surface area contributed by atoms with Crippen LogP contribution in [0.15, 0.2) is 30.7 Å². The number of aryl methyl sites for hydroxylation is 2. The van der Waals surface area contributed by atoms with Crippen molar-refractivity contribution in [2.45, 2.75) is 19.4 Å². The van der Waals surface area contributed by atoms with Crippen molar-refractivity contribution in [1.82, 2.24) is 20.2 Å². The minimum Gasteiger partial charge on any atom is -0.275 e. The highest BCUT2D eigenvalue weighted by Crippen LogP contribution is 2.23. The maximum Gasteiger partial charge on any atom is 0.0758 e. The van der Waals surface area contributed by atoms with Gasteiger partial charge >= 0.3 is 0 Å². The van der Waals surface area contributed by atoms with E-state index in [1.54, 1.807) is 6.20 Å². The molecule has 0 amide bonds. The first-order chi connectivity index (χ1) is 8.26. The fraction of sp³-hybridized carbons (Fsp3) is 0.333. The summed E-state index contributed by atoms with van der Waals surface area (Å²) in [7, 11) is 1.92. The maximum atomic E-state index is 5.65. The van der Waals surface area contributed by atoms with Gasteiger partial charge in [0.1, 0.15) is 0 Å². The van der Waals surface area contributed by atoms with Crippen LogP contribution in [0.25, 0.3) is 0 Å². The molecule has 0 aromatic carbocycles. The number of nitrogens with one attached hydrogen (secondary N) is 1. The van der Waals surface area contributed by atoms with E-state index < -0.39 is 0 Å². The Bertz CT molecular complexity index is 477. The van der Waals surface area contributed by atoms with Crippen molar-refractivity contribution in [2.75, 3.05) is 0 Å². The quantitative estimate of drug-likeness (QED) is 0.606. The molecular weight excluding hydrogens is 214 g/mol. The number of hydrogen-bond acceptors (Lipinski definition) is 4. The summed E-state index contributed by atoms with van der Waals surface area (Å²) in [5, 5.41) is 4.42. The molecule has 90 valence electrons. The van der Waals surface area contributed by atoms with E-state index in [-0.39, 0.29) is 6.04 Å². The standard InChI is InChI=1S/C12H17N5/c1-3-11-10(8-17(2)16-11)12(15-13)9-5-4-6-14-7-9/h4-8,12,15H,3,13H2,1-2H3. The summed E-state index contributed by atoms with van der Waals surface area (Å²) in [5.41, 5.74) is 6.03. The second-order valence-corrected chi connectivity index (χ2v) is 3.94. The Labute approximate surface area is 101 Å². The monoisotopic (exact) mass is 231 g/mol. The van der Waals surface area contributed by atoms with Crippen molar-refractivity contribution < 1.29 is 0 Å². The number of nitrogens with zero attached hydrogens (tertiary/aromatic N) is 3. The van der Waals surface area contributed by atoms with Gasteiger partial charge in [-0.25, -0.2) is 5.43 Å². The third-order valence-electron chi connectivity index (χ3n) is 2.77. The summed E-state index contributed by atoms with van der Waals surface area (Å²) >= 11 is 0. The maximum absolute atomic E-state index is 5.65. The summed E-state index contributed by atoms with van der Waals surface area (Å²) < 4.78 is 1.81. The number of nitrogens with two attached hydrogens (primary N) is 1. The van der Waals surface area contributed by atoms with Crippen LogP contribution in [0.2, 0.25) is 0 Å². The lowest BCUT2D eigenvalue weighted by atomic mass is 10.0. The fourth-order valence-corrected chi connectivity index (χ4v) is 1.98. The Hall–Kier alpha value is -1.72. The van der Waals surface area contributed by atoms with Crippen LogP contribution in [0.4, 0.5) is 0 Å². The Morgan fingerprint density at radius 2 is 2.35 bits per heavy atom. The highest BCUT2D eigenvalue weighted by Gasteiger charge is 2.18. The van der Waals surface area contributed by atoms with Gasteiger partial charge in [0.25, 0.3) is 0 Å². The van der Waals surface area contributed by atoms with Gasteiger partial charge in [-0.05, 0) is 18.1 Å². The zero-order chi connectivity index (χ0) is 12.3. The molecule has 5 nitrogen and oxygen atoms in total. The van der Waals surface area contributed by atoms with Crippen LogP contribution in [-0.4, -0.2) is 14.8 Å². The smallest absolute Gasteiger partial charge is 0.0758 e. The molecule has 2 rings (SSSR count). The minimum absolute atomic E-state index is 0.0626. The zero-order valence-corrected chi connectivity index (χ0v) is 10.1. The molecule has 3 N–H and O–H groups in total. The van der Waals surface area contributed by atoms with Crippen LogP contribution in [0, 0.1) is 0 Å². The molecule has 0 aliphatic rings. The van der Waals surface area contributed by atoms with E-state index in [9.17, 15) is 0 Å². The predicted molar refractivity (Wildman–Crippen MR) is 66.0 cm³/mol. The van der Waals surface area contributed by atoms with E-state index in [0.29, 0.717) is 0 Å². The molecule has 2 aromatic heterocycles. The molecule has 0 radical (unpaired) electrons. The Balaban J connectivity index is 2.42. The van der Waals surface area contributed by atoms with Crippen molar-refractivity contribution >= 4 is 0 Å². The molecule has 0 bridgehead atoms. The molecule has 1 atom stereocenters. The first-order valence-corrected chi connectivity index (χ1v) is 5.64. The number of pyridine rings is 1. The largest absolute Gasteiger partial charge is 0.275 e. The van der Waals surface area contributed by atoms with E-state index in [1.807, 2.05) is 36.3 Å². The van der Waals surface area contributed by atoms with Crippen molar-refractivity contribution in [3.8, 4) is 0 Å². The molecule has 0 saturated heterocycles. The van der Waals surface area contributed by atoms with Gasteiger partial charge in [-0.1, -0.05) is 13.0 Å². The normalized spacial score (nSPS) is 12.6. The molecule has 2 heterocycles. The van der Waals surface area contributed by atoms with Gasteiger partial charge in [-0.2, -0.15) is 5.10 Å². The second kappa shape index (κ2) is 5.07. The summed E-state index contributed by atoms with van der Waals surface area (Å²) in [4.78, 5) is 4.12. The lowest BCUT2D eigenvalue weighted by Gasteiger charge is -2.15. The van der Waals surface area contributed by atoms with Crippen LogP contribution < -0.4 is 11.3 Å². The van der Waals surface area contributed by atoms with Gasteiger partial charge in [-0.15, -0.1) is 0 Å². The van der Waals surface area contributed by atoms with Crippen LogP contribution in [-0.2, 0) is 13.5 Å². The summed E-state index contributed by atoms with van der Waals surface area (Å²) in [6.45, 7) is 2.09. The van der Waals surface area contributed by atoms with E-state index in [2.05, 4.69) is 22.4 Å². The van der Waals surface area contributed by atoms with E-state index in [4.69, 9.17) is 5.84 Å². The molecule has 1 unspecified atom stereocenters. The van der Waals surface area contributed by atoms with Gasteiger partial charge < -0.3 is 0 Å². The fourth-order valence-electron chi connectivity index (χ4n) is 1.98. The van der Waals surface area contributed by atoms with E-state index in [0.717, 1.165) is 23.2 Å². The van der Waals surface area contributed by atoms with Crippen molar-refractivity contribution in [1.29, 1.82) is 0 Å². The first-order valence-electron chi connectivity index (χ1n) is 5.64. The predicted octanol–water partition coefficient (Wildman–Crippen LogP) is 0.930. The molecule has 0 saturated carbocycles. The number of aromatic nitrogens is 3. The lowest BCUT2D eigenvalue weighted by molar-refractivity contribution is 0.629. The Morgan fingerprint density at radius 1 is 1.53 bits per heavy atom. The lowest BCUT2D eigenvalue weighted by Crippen LogP contribution is -2.29. The summed E-state index contributed by atoms with van der Waals surface area (Å²) in [5.74, 6) is 5.65. The number of hydrazine groups is 1. The van der Waals surface area contributed by atoms with E-state index >= 15 is 0 Å². The van der Waals surface area contributed by atoms with Crippen molar-refractivity contribution in [3.05, 3.63) is 47.5 Å². The second-order valence-electron chi connectivity index (χ2n) is 3.94. The SMILES string of the molecule is CCc1nn(C)cc1C(NN)c1cccnc1. The average Bonchev–Trinajstić information content (AvgIpc) is 2.73. The highest BCUT2D eigenvalue weighted by atomic mass is 15.3. The molecule has 17 heavy (non-hydrogen) atoms. The molecule has 5 heteroatoms. The number of hydrogen-bond donors (Lipinski definition) is 2. The average molecular weight is 231 g/mol. The molecule has 0 aliphatic heterocycles. The van der Waals surface area contributed by atoms with Gasteiger partial charge in [0.2, 0.25) is 0 Å². The van der Waals surface area contributed by atoms with Crippen LogP contribution in [0.1, 0.15) is 29.8 Å². The highest BCUT2D eigenvalue weighted by molar-refractivity contribution is 5.31. The third-order valence-corrected chi connectivity index (χ3v) is 2.77. The Morgan fingerprint density at radius 3 is 2.94 bits per heavy atom. The topological polar surface area (TPSA) is 68.8 Å². The molecule has 0 aliphatic carbocycles. The van der Waals surface area contributed by atoms with Crippen molar-refractivity contribution in [3.63, 3.8) is 0 Å². The number of rotatable bonds is 4. The summed E-state index contributed by atoms with van der Waals surface area (Å²) in [6, 6.07) is 3.85. The van der Waals surface area contributed by atoms with Gasteiger partial charge in [0, 0.05) is 31.2 Å².